The number of sulfonamides is 1. The molecule has 0 amide bonds. The molecule has 84 valence electrons. The van der Waals surface area contributed by atoms with E-state index in [1.165, 1.54) is 24.3 Å². The molecular weight excluding hydrogens is 242 g/mol. The van der Waals surface area contributed by atoms with E-state index >= 15 is 0 Å². The Hall–Kier alpha value is -1.31. The van der Waals surface area contributed by atoms with Gasteiger partial charge in [0.15, 0.2) is 5.84 Å². The fraction of sp³-hybridized carbons (Fsp3) is 0. The minimum Gasteiger partial charge on any atom is -0.409 e. The minimum atomic E-state index is -3.70. The molecule has 0 spiro atoms. The molecule has 0 heterocycles. The zero-order valence-corrected chi connectivity index (χ0v) is 9.12. The molecule has 0 fully saturated rings. The zero-order chi connectivity index (χ0) is 10.8. The Morgan fingerprint density at radius 3 is 2.07 bits per heavy atom. The Kier molecular flexibility index (Phi) is 4.53. The van der Waals surface area contributed by atoms with Crippen LogP contribution in [0.4, 0.5) is 0 Å². The topological polar surface area (TPSA) is 119 Å². The van der Waals surface area contributed by atoms with Crippen LogP contribution in [0, 0.1) is 0 Å². The lowest BCUT2D eigenvalue weighted by Gasteiger charge is -2.00. The van der Waals surface area contributed by atoms with Crippen molar-refractivity contribution in [3.8, 4) is 0 Å². The second-order valence-corrected chi connectivity index (χ2v) is 4.12. The molecule has 0 aliphatic carbocycles. The molecule has 0 bridgehead atoms. The lowest BCUT2D eigenvalue weighted by atomic mass is 10.2. The summed E-state index contributed by atoms with van der Waals surface area (Å²) in [5.74, 6) is -0.0917. The molecule has 1 aromatic rings. The van der Waals surface area contributed by atoms with Crippen molar-refractivity contribution in [2.24, 2.45) is 16.0 Å². The van der Waals surface area contributed by atoms with Crippen molar-refractivity contribution in [2.75, 3.05) is 0 Å². The molecule has 0 aliphatic heterocycles. The highest BCUT2D eigenvalue weighted by molar-refractivity contribution is 7.89. The molecule has 15 heavy (non-hydrogen) atoms. The summed E-state index contributed by atoms with van der Waals surface area (Å²) in [6.45, 7) is 0. The standard InChI is InChI=1S/C7H9N3O3S.ClH/c8-7(10-11)5-1-3-6(4-2-5)14(9,12)13;/h1-4,11H,(H2,8,10)(H2,9,12,13);1H. The molecule has 6 nitrogen and oxygen atoms in total. The average molecular weight is 252 g/mol. The lowest BCUT2D eigenvalue weighted by molar-refractivity contribution is 0.318. The van der Waals surface area contributed by atoms with Gasteiger partial charge in [-0.1, -0.05) is 5.16 Å². The quantitative estimate of drug-likeness (QED) is 0.293. The normalized spacial score (nSPS) is 11.9. The van der Waals surface area contributed by atoms with Gasteiger partial charge in [-0.15, -0.1) is 12.4 Å². The van der Waals surface area contributed by atoms with E-state index in [9.17, 15) is 8.42 Å². The van der Waals surface area contributed by atoms with Gasteiger partial charge < -0.3 is 10.9 Å². The first-order valence-corrected chi connectivity index (χ1v) is 5.10. The van der Waals surface area contributed by atoms with Crippen molar-refractivity contribution in [3.05, 3.63) is 29.8 Å². The Morgan fingerprint density at radius 2 is 1.73 bits per heavy atom. The second kappa shape index (κ2) is 4.96. The maximum absolute atomic E-state index is 10.9. The Balaban J connectivity index is 0.00000196. The van der Waals surface area contributed by atoms with E-state index in [1.54, 1.807) is 0 Å². The van der Waals surface area contributed by atoms with Crippen molar-refractivity contribution in [3.63, 3.8) is 0 Å². The molecule has 0 saturated carbocycles. The van der Waals surface area contributed by atoms with Gasteiger partial charge in [0, 0.05) is 5.56 Å². The summed E-state index contributed by atoms with van der Waals surface area (Å²) in [7, 11) is -3.70. The molecule has 1 rings (SSSR count). The average Bonchev–Trinajstić information content (AvgIpc) is 2.15. The van der Waals surface area contributed by atoms with E-state index in [-0.39, 0.29) is 23.1 Å². The second-order valence-electron chi connectivity index (χ2n) is 2.55. The predicted molar refractivity (Wildman–Crippen MR) is 57.6 cm³/mol. The zero-order valence-electron chi connectivity index (χ0n) is 7.49. The number of nitrogens with two attached hydrogens (primary N) is 2. The van der Waals surface area contributed by atoms with Crippen LogP contribution in [0.15, 0.2) is 34.3 Å². The van der Waals surface area contributed by atoms with Crippen molar-refractivity contribution < 1.29 is 13.6 Å². The van der Waals surface area contributed by atoms with Gasteiger partial charge in [-0.25, -0.2) is 13.6 Å². The van der Waals surface area contributed by atoms with Crippen LogP contribution in [-0.4, -0.2) is 19.5 Å². The van der Waals surface area contributed by atoms with E-state index in [2.05, 4.69) is 5.16 Å². The van der Waals surface area contributed by atoms with Crippen molar-refractivity contribution in [1.29, 1.82) is 0 Å². The van der Waals surface area contributed by atoms with Crippen LogP contribution in [0.2, 0.25) is 0 Å². The van der Waals surface area contributed by atoms with E-state index < -0.39 is 10.0 Å². The number of primary sulfonamides is 1. The first kappa shape index (κ1) is 13.7. The van der Waals surface area contributed by atoms with Gasteiger partial charge in [0.25, 0.3) is 0 Å². The summed E-state index contributed by atoms with van der Waals surface area (Å²) in [6, 6.07) is 5.36. The number of amidine groups is 1. The third-order valence-corrected chi connectivity index (χ3v) is 2.52. The highest BCUT2D eigenvalue weighted by atomic mass is 35.5. The maximum Gasteiger partial charge on any atom is 0.238 e. The highest BCUT2D eigenvalue weighted by Crippen LogP contribution is 2.08. The monoisotopic (exact) mass is 251 g/mol. The number of rotatable bonds is 2. The molecular formula is C7H10ClN3O3S. The van der Waals surface area contributed by atoms with Crippen LogP contribution < -0.4 is 10.9 Å². The van der Waals surface area contributed by atoms with Crippen molar-refractivity contribution in [2.45, 2.75) is 4.90 Å². The number of hydrogen-bond acceptors (Lipinski definition) is 4. The minimum absolute atomic E-state index is 0. The van der Waals surface area contributed by atoms with E-state index in [0.29, 0.717) is 5.56 Å². The van der Waals surface area contributed by atoms with E-state index in [1.807, 2.05) is 0 Å². The lowest BCUT2D eigenvalue weighted by Crippen LogP contribution is -2.15. The van der Waals surface area contributed by atoms with Gasteiger partial charge in [-0.05, 0) is 24.3 Å². The van der Waals surface area contributed by atoms with Crippen molar-refractivity contribution >= 4 is 28.3 Å². The van der Waals surface area contributed by atoms with Crippen LogP contribution in [0.25, 0.3) is 0 Å². The number of benzene rings is 1. The third-order valence-electron chi connectivity index (χ3n) is 1.59. The molecule has 0 aliphatic rings. The third kappa shape index (κ3) is 3.39. The van der Waals surface area contributed by atoms with E-state index in [0.717, 1.165) is 0 Å². The summed E-state index contributed by atoms with van der Waals surface area (Å²) >= 11 is 0. The Morgan fingerprint density at radius 1 is 1.27 bits per heavy atom. The Labute approximate surface area is 93.0 Å². The van der Waals surface area contributed by atoms with Gasteiger partial charge in [0.05, 0.1) is 4.90 Å². The molecule has 8 heteroatoms. The van der Waals surface area contributed by atoms with Gasteiger partial charge in [-0.3, -0.25) is 0 Å². The van der Waals surface area contributed by atoms with E-state index in [4.69, 9.17) is 16.1 Å². The fourth-order valence-corrected chi connectivity index (χ4v) is 1.39. The maximum atomic E-state index is 10.9. The molecule has 0 atom stereocenters. The van der Waals surface area contributed by atoms with Crippen molar-refractivity contribution in [1.82, 2.24) is 0 Å². The number of halogens is 1. The van der Waals surface area contributed by atoms with Crippen LogP contribution in [0.5, 0.6) is 0 Å². The predicted octanol–water partition coefficient (Wildman–Crippen LogP) is -0.150. The molecule has 0 radical (unpaired) electrons. The first-order chi connectivity index (χ1) is 6.45. The summed E-state index contributed by atoms with van der Waals surface area (Å²) in [4.78, 5) is -0.0213. The number of oxime groups is 1. The molecule has 5 N–H and O–H groups in total. The molecule has 0 saturated heterocycles. The molecule has 0 unspecified atom stereocenters. The summed E-state index contributed by atoms with van der Waals surface area (Å²) in [5, 5.41) is 16.0. The fourth-order valence-electron chi connectivity index (χ4n) is 0.873. The summed E-state index contributed by atoms with van der Waals surface area (Å²) < 4.78 is 21.7. The molecule has 1 aromatic carbocycles. The SMILES string of the molecule is Cl.N/C(=N/O)c1ccc(S(N)(=O)=O)cc1. The largest absolute Gasteiger partial charge is 0.409 e. The highest BCUT2D eigenvalue weighted by Gasteiger charge is 2.07. The van der Waals surface area contributed by atoms with Crippen LogP contribution in [0.3, 0.4) is 0 Å². The van der Waals surface area contributed by atoms with Gasteiger partial charge >= 0.3 is 0 Å². The van der Waals surface area contributed by atoms with Crippen LogP contribution >= 0.6 is 12.4 Å². The summed E-state index contributed by atoms with van der Waals surface area (Å²) in [6.07, 6.45) is 0. The van der Waals surface area contributed by atoms with Gasteiger partial charge in [0.1, 0.15) is 0 Å². The first-order valence-electron chi connectivity index (χ1n) is 3.56. The Bertz CT molecular complexity index is 455. The van der Waals surface area contributed by atoms with Gasteiger partial charge in [-0.2, -0.15) is 0 Å². The number of nitrogens with zero attached hydrogens (tertiary/aromatic N) is 1. The van der Waals surface area contributed by atoms with Crippen LogP contribution in [0.1, 0.15) is 5.56 Å². The van der Waals surface area contributed by atoms with Crippen LogP contribution in [-0.2, 0) is 10.0 Å². The molecule has 0 aromatic heterocycles. The van der Waals surface area contributed by atoms with Gasteiger partial charge in [0.2, 0.25) is 10.0 Å². The summed E-state index contributed by atoms with van der Waals surface area (Å²) in [5.41, 5.74) is 5.69. The number of hydrogen-bond donors (Lipinski definition) is 3. The smallest absolute Gasteiger partial charge is 0.238 e.